The Morgan fingerprint density at radius 2 is 2.12 bits per heavy atom. The second-order valence-corrected chi connectivity index (χ2v) is 4.14. The predicted molar refractivity (Wildman–Crippen MR) is 65.9 cm³/mol. The highest BCUT2D eigenvalue weighted by Crippen LogP contribution is 2.29. The molecule has 3 nitrogen and oxygen atoms in total. The average Bonchev–Trinajstić information content (AvgIpc) is 2.27. The summed E-state index contributed by atoms with van der Waals surface area (Å²) in [6, 6.07) is 5.63. The summed E-state index contributed by atoms with van der Waals surface area (Å²) in [6.07, 6.45) is 1.78. The van der Waals surface area contributed by atoms with Gasteiger partial charge in [-0.2, -0.15) is 0 Å². The molecule has 0 amide bonds. The number of rotatable bonds is 2. The van der Waals surface area contributed by atoms with Gasteiger partial charge in [-0.3, -0.25) is 4.98 Å². The van der Waals surface area contributed by atoms with Crippen molar-refractivity contribution in [1.82, 2.24) is 4.98 Å². The highest BCUT2D eigenvalue weighted by atomic mass is 35.5. The SMILES string of the molecule is COc1cc2ncc([C@H](C)N)cc2cc1Cl. The first-order chi connectivity index (χ1) is 7.61. The molecule has 84 valence electrons. The second kappa shape index (κ2) is 4.28. The number of hydrogen-bond donors (Lipinski definition) is 1. The third kappa shape index (κ3) is 1.96. The maximum Gasteiger partial charge on any atom is 0.139 e. The number of benzene rings is 1. The molecule has 1 aromatic heterocycles. The molecule has 1 atom stereocenters. The van der Waals surface area contributed by atoms with E-state index in [4.69, 9.17) is 22.1 Å². The summed E-state index contributed by atoms with van der Waals surface area (Å²) in [6.45, 7) is 1.92. The molecule has 2 N–H and O–H groups in total. The molecule has 0 fully saturated rings. The van der Waals surface area contributed by atoms with E-state index in [-0.39, 0.29) is 6.04 Å². The first-order valence-corrected chi connectivity index (χ1v) is 5.38. The lowest BCUT2D eigenvalue weighted by atomic mass is 10.1. The Hall–Kier alpha value is -1.32. The molecule has 16 heavy (non-hydrogen) atoms. The van der Waals surface area contributed by atoms with E-state index in [9.17, 15) is 0 Å². The van der Waals surface area contributed by atoms with Gasteiger partial charge in [0.25, 0.3) is 0 Å². The van der Waals surface area contributed by atoms with E-state index in [1.165, 1.54) is 0 Å². The molecule has 2 aromatic rings. The third-order valence-electron chi connectivity index (χ3n) is 2.50. The van der Waals surface area contributed by atoms with E-state index in [2.05, 4.69) is 4.98 Å². The number of hydrogen-bond acceptors (Lipinski definition) is 3. The van der Waals surface area contributed by atoms with Crippen molar-refractivity contribution >= 4 is 22.5 Å². The summed E-state index contributed by atoms with van der Waals surface area (Å²) in [5.74, 6) is 0.634. The van der Waals surface area contributed by atoms with Crippen LogP contribution in [0, 0.1) is 0 Å². The highest BCUT2D eigenvalue weighted by Gasteiger charge is 2.06. The van der Waals surface area contributed by atoms with Crippen molar-refractivity contribution in [3.8, 4) is 5.75 Å². The maximum absolute atomic E-state index is 6.05. The minimum absolute atomic E-state index is 0.0298. The van der Waals surface area contributed by atoms with Crippen molar-refractivity contribution in [2.45, 2.75) is 13.0 Å². The number of methoxy groups -OCH3 is 1. The van der Waals surface area contributed by atoms with Crippen LogP contribution in [0.3, 0.4) is 0 Å². The first-order valence-electron chi connectivity index (χ1n) is 5.00. The maximum atomic E-state index is 6.05. The zero-order chi connectivity index (χ0) is 11.7. The fraction of sp³-hybridized carbons (Fsp3) is 0.250. The fourth-order valence-electron chi connectivity index (χ4n) is 1.55. The van der Waals surface area contributed by atoms with Crippen LogP contribution in [-0.2, 0) is 0 Å². The van der Waals surface area contributed by atoms with Crippen LogP contribution in [0.15, 0.2) is 24.4 Å². The van der Waals surface area contributed by atoms with E-state index >= 15 is 0 Å². The molecule has 0 aliphatic heterocycles. The van der Waals surface area contributed by atoms with Crippen LogP contribution in [-0.4, -0.2) is 12.1 Å². The van der Waals surface area contributed by atoms with Crippen molar-refractivity contribution in [3.05, 3.63) is 35.0 Å². The van der Waals surface area contributed by atoms with Gasteiger partial charge in [-0.25, -0.2) is 0 Å². The van der Waals surface area contributed by atoms with Crippen molar-refractivity contribution in [1.29, 1.82) is 0 Å². The number of nitrogens with zero attached hydrogens (tertiary/aromatic N) is 1. The Labute approximate surface area is 99.2 Å². The molecule has 0 aliphatic rings. The summed E-state index contributed by atoms with van der Waals surface area (Å²) >= 11 is 6.05. The van der Waals surface area contributed by atoms with Gasteiger partial charge in [0.1, 0.15) is 5.75 Å². The Bertz CT molecular complexity index is 526. The summed E-state index contributed by atoms with van der Waals surface area (Å²) in [4.78, 5) is 4.33. The highest BCUT2D eigenvalue weighted by molar-refractivity contribution is 6.32. The van der Waals surface area contributed by atoms with Gasteiger partial charge >= 0.3 is 0 Å². The van der Waals surface area contributed by atoms with Gasteiger partial charge in [0.15, 0.2) is 0 Å². The van der Waals surface area contributed by atoms with Gasteiger partial charge in [-0.1, -0.05) is 11.6 Å². The molecule has 2 rings (SSSR count). The molecule has 0 saturated carbocycles. The molecule has 1 heterocycles. The molecule has 0 saturated heterocycles. The third-order valence-corrected chi connectivity index (χ3v) is 2.80. The van der Waals surface area contributed by atoms with Gasteiger partial charge in [-0.05, 0) is 24.6 Å². The van der Waals surface area contributed by atoms with Gasteiger partial charge in [0.05, 0.1) is 17.6 Å². The number of fused-ring (bicyclic) bond motifs is 1. The van der Waals surface area contributed by atoms with Crippen LogP contribution in [0.2, 0.25) is 5.02 Å². The zero-order valence-corrected chi connectivity index (χ0v) is 9.95. The monoisotopic (exact) mass is 236 g/mol. The number of aromatic nitrogens is 1. The second-order valence-electron chi connectivity index (χ2n) is 3.74. The molecule has 0 radical (unpaired) electrons. The Morgan fingerprint density at radius 3 is 2.75 bits per heavy atom. The van der Waals surface area contributed by atoms with Crippen LogP contribution in [0.1, 0.15) is 18.5 Å². The lowest BCUT2D eigenvalue weighted by Crippen LogP contribution is -2.05. The van der Waals surface area contributed by atoms with E-state index < -0.39 is 0 Å². The summed E-state index contributed by atoms with van der Waals surface area (Å²) in [5.41, 5.74) is 7.65. The standard InChI is InChI=1S/C12H13ClN2O/c1-7(14)9-3-8-4-10(13)12(16-2)5-11(8)15-6-9/h3-7H,14H2,1-2H3/t7-/m0/s1. The molecular formula is C12H13ClN2O. The van der Waals surface area contributed by atoms with Crippen molar-refractivity contribution < 1.29 is 4.74 Å². The van der Waals surface area contributed by atoms with Gasteiger partial charge < -0.3 is 10.5 Å². The Morgan fingerprint density at radius 1 is 1.38 bits per heavy atom. The molecule has 0 unspecified atom stereocenters. The summed E-state index contributed by atoms with van der Waals surface area (Å²) in [5, 5.41) is 1.55. The average molecular weight is 237 g/mol. The van der Waals surface area contributed by atoms with Crippen molar-refractivity contribution in [2.24, 2.45) is 5.73 Å². The first kappa shape index (κ1) is 11.2. The van der Waals surface area contributed by atoms with Crippen LogP contribution < -0.4 is 10.5 Å². The molecule has 0 spiro atoms. The molecule has 0 aliphatic carbocycles. The minimum Gasteiger partial charge on any atom is -0.495 e. The minimum atomic E-state index is -0.0298. The lowest BCUT2D eigenvalue weighted by molar-refractivity contribution is 0.415. The van der Waals surface area contributed by atoms with Crippen molar-refractivity contribution in [2.75, 3.05) is 7.11 Å². The van der Waals surface area contributed by atoms with Gasteiger partial charge in [0, 0.05) is 23.7 Å². The fourth-order valence-corrected chi connectivity index (χ4v) is 1.80. The number of pyridine rings is 1. The summed E-state index contributed by atoms with van der Waals surface area (Å²) < 4.78 is 5.13. The number of nitrogens with two attached hydrogens (primary N) is 1. The van der Waals surface area contributed by atoms with Crippen LogP contribution in [0.5, 0.6) is 5.75 Å². The van der Waals surface area contributed by atoms with E-state index in [1.54, 1.807) is 13.3 Å². The Kier molecular flexibility index (Phi) is 2.99. The molecule has 1 aromatic carbocycles. The summed E-state index contributed by atoms with van der Waals surface area (Å²) in [7, 11) is 1.59. The van der Waals surface area contributed by atoms with Gasteiger partial charge in [0.2, 0.25) is 0 Å². The Balaban J connectivity index is 2.62. The van der Waals surface area contributed by atoms with Crippen LogP contribution >= 0.6 is 11.6 Å². The van der Waals surface area contributed by atoms with Crippen LogP contribution in [0.4, 0.5) is 0 Å². The largest absolute Gasteiger partial charge is 0.495 e. The number of ether oxygens (including phenoxy) is 1. The quantitative estimate of drug-likeness (QED) is 0.872. The van der Waals surface area contributed by atoms with E-state index in [0.717, 1.165) is 16.5 Å². The lowest BCUT2D eigenvalue weighted by Gasteiger charge is -2.08. The normalized spacial score (nSPS) is 12.8. The molecular weight excluding hydrogens is 224 g/mol. The predicted octanol–water partition coefficient (Wildman–Crippen LogP) is 2.92. The molecule has 4 heteroatoms. The number of halogens is 1. The van der Waals surface area contributed by atoms with Gasteiger partial charge in [-0.15, -0.1) is 0 Å². The van der Waals surface area contributed by atoms with Crippen molar-refractivity contribution in [3.63, 3.8) is 0 Å². The topological polar surface area (TPSA) is 48.1 Å². The zero-order valence-electron chi connectivity index (χ0n) is 9.20. The van der Waals surface area contributed by atoms with Crippen LogP contribution in [0.25, 0.3) is 10.9 Å². The van der Waals surface area contributed by atoms with E-state index in [1.807, 2.05) is 25.1 Å². The molecule has 0 bridgehead atoms. The smallest absolute Gasteiger partial charge is 0.139 e. The van der Waals surface area contributed by atoms with E-state index in [0.29, 0.717) is 10.8 Å².